The molecule has 1 aromatic carbocycles. The zero-order valence-electron chi connectivity index (χ0n) is 16.2. The lowest BCUT2D eigenvalue weighted by molar-refractivity contribution is 0.700. The number of thiazole rings is 1. The quantitative estimate of drug-likeness (QED) is 0.688. The number of nitriles is 1. The highest BCUT2D eigenvalue weighted by molar-refractivity contribution is 7.16. The van der Waals surface area contributed by atoms with Gasteiger partial charge < -0.3 is 10.2 Å². The van der Waals surface area contributed by atoms with Crippen LogP contribution in [0.4, 0.5) is 16.9 Å². The molecule has 0 aliphatic carbocycles. The molecule has 1 fully saturated rings. The summed E-state index contributed by atoms with van der Waals surface area (Å²) in [7, 11) is 0. The molecule has 0 saturated carbocycles. The minimum Gasteiger partial charge on any atom is -0.334 e. The number of hydrogen-bond donors (Lipinski definition) is 1. The third-order valence-electron chi connectivity index (χ3n) is 5.19. The van der Waals surface area contributed by atoms with Gasteiger partial charge in [-0.2, -0.15) is 10.2 Å². The van der Waals surface area contributed by atoms with Crippen molar-refractivity contribution in [2.75, 3.05) is 16.8 Å². The van der Waals surface area contributed by atoms with Crippen LogP contribution in [0, 0.1) is 32.1 Å². The van der Waals surface area contributed by atoms with Gasteiger partial charge in [-0.1, -0.05) is 41.2 Å². The molecule has 1 saturated heterocycles. The van der Waals surface area contributed by atoms with Crippen LogP contribution in [0.3, 0.4) is 0 Å². The lowest BCUT2D eigenvalue weighted by Crippen LogP contribution is -2.25. The number of nitrogens with one attached hydrogen (secondary N) is 1. The SMILES string of the molecule is Cc1ccc(C2CCCN2c2nc(C)c(C)c(Nc3ncc(C#N)s3)n2)cc1. The molecule has 3 aromatic rings. The predicted molar refractivity (Wildman–Crippen MR) is 112 cm³/mol. The van der Waals surface area contributed by atoms with E-state index in [1.165, 1.54) is 22.5 Å². The zero-order chi connectivity index (χ0) is 19.7. The maximum atomic E-state index is 9.02. The number of anilines is 3. The Balaban J connectivity index is 1.66. The summed E-state index contributed by atoms with van der Waals surface area (Å²) in [5.74, 6) is 1.49. The first-order valence-corrected chi connectivity index (χ1v) is 10.2. The van der Waals surface area contributed by atoms with Crippen LogP contribution < -0.4 is 10.2 Å². The molecule has 0 radical (unpaired) electrons. The summed E-state index contributed by atoms with van der Waals surface area (Å²) in [5.41, 5.74) is 4.50. The van der Waals surface area contributed by atoms with Crippen molar-refractivity contribution in [2.45, 2.75) is 39.7 Å². The summed E-state index contributed by atoms with van der Waals surface area (Å²) in [6, 6.07) is 11.1. The molecule has 1 aliphatic rings. The van der Waals surface area contributed by atoms with E-state index in [2.05, 4.69) is 52.5 Å². The molecule has 6 nitrogen and oxygen atoms in total. The lowest BCUT2D eigenvalue weighted by atomic mass is 10.0. The molecule has 0 spiro atoms. The molecule has 1 unspecified atom stereocenters. The first-order chi connectivity index (χ1) is 13.5. The van der Waals surface area contributed by atoms with Gasteiger partial charge in [0.15, 0.2) is 5.13 Å². The van der Waals surface area contributed by atoms with Crippen LogP contribution in [0.2, 0.25) is 0 Å². The van der Waals surface area contributed by atoms with E-state index in [9.17, 15) is 0 Å². The van der Waals surface area contributed by atoms with Crippen molar-refractivity contribution in [1.82, 2.24) is 15.0 Å². The summed E-state index contributed by atoms with van der Waals surface area (Å²) in [5, 5.41) is 13.0. The van der Waals surface area contributed by atoms with Gasteiger partial charge in [-0.25, -0.2) is 9.97 Å². The van der Waals surface area contributed by atoms with Crippen LogP contribution in [0.1, 0.15) is 46.1 Å². The van der Waals surface area contributed by atoms with Gasteiger partial charge in [0.25, 0.3) is 0 Å². The average Bonchev–Trinajstić information content (AvgIpc) is 3.35. The first kappa shape index (κ1) is 18.4. The summed E-state index contributed by atoms with van der Waals surface area (Å²) in [6.07, 6.45) is 3.79. The first-order valence-electron chi connectivity index (χ1n) is 9.36. The van der Waals surface area contributed by atoms with Gasteiger partial charge in [0, 0.05) is 17.8 Å². The Bertz CT molecular complexity index is 1030. The van der Waals surface area contributed by atoms with Gasteiger partial charge in [0.1, 0.15) is 16.8 Å². The number of aryl methyl sites for hydroxylation is 2. The Kier molecular flexibility index (Phi) is 4.97. The normalized spacial score (nSPS) is 16.2. The lowest BCUT2D eigenvalue weighted by Gasteiger charge is -2.26. The molecule has 1 aliphatic heterocycles. The summed E-state index contributed by atoms with van der Waals surface area (Å²) in [4.78, 5) is 16.7. The Morgan fingerprint density at radius 3 is 2.68 bits per heavy atom. The van der Waals surface area contributed by atoms with E-state index in [1.807, 2.05) is 13.8 Å². The molecule has 1 N–H and O–H groups in total. The summed E-state index contributed by atoms with van der Waals surface area (Å²) in [6.45, 7) is 7.06. The van der Waals surface area contributed by atoms with Gasteiger partial charge in [-0.3, -0.25) is 0 Å². The third-order valence-corrected chi connectivity index (χ3v) is 6.01. The number of nitrogens with zero attached hydrogens (tertiary/aromatic N) is 5. The van der Waals surface area contributed by atoms with Crippen molar-refractivity contribution in [3.8, 4) is 6.07 Å². The van der Waals surface area contributed by atoms with Gasteiger partial charge in [0.2, 0.25) is 5.95 Å². The second-order valence-electron chi connectivity index (χ2n) is 7.11. The molecular formula is C21H22N6S. The Morgan fingerprint density at radius 1 is 1.18 bits per heavy atom. The average molecular weight is 391 g/mol. The van der Waals surface area contributed by atoms with Crippen molar-refractivity contribution in [3.63, 3.8) is 0 Å². The van der Waals surface area contributed by atoms with Gasteiger partial charge in [-0.05, 0) is 39.2 Å². The topological polar surface area (TPSA) is 77.7 Å². The van der Waals surface area contributed by atoms with Gasteiger partial charge in [0.05, 0.1) is 12.2 Å². The van der Waals surface area contributed by atoms with Crippen LogP contribution in [-0.2, 0) is 0 Å². The highest BCUT2D eigenvalue weighted by Gasteiger charge is 2.29. The van der Waals surface area contributed by atoms with Gasteiger partial charge >= 0.3 is 0 Å². The molecule has 1 atom stereocenters. The highest BCUT2D eigenvalue weighted by atomic mass is 32.1. The van der Waals surface area contributed by atoms with Crippen LogP contribution >= 0.6 is 11.3 Å². The number of rotatable bonds is 4. The molecular weight excluding hydrogens is 368 g/mol. The smallest absolute Gasteiger partial charge is 0.228 e. The number of hydrogen-bond acceptors (Lipinski definition) is 7. The van der Waals surface area contributed by atoms with E-state index in [0.29, 0.717) is 16.1 Å². The molecule has 2 aromatic heterocycles. The molecule has 0 amide bonds. The molecule has 3 heterocycles. The van der Waals surface area contributed by atoms with Crippen LogP contribution in [0.5, 0.6) is 0 Å². The van der Waals surface area contributed by atoms with Crippen LogP contribution in [-0.4, -0.2) is 21.5 Å². The fourth-order valence-corrected chi connectivity index (χ4v) is 4.10. The number of benzene rings is 1. The second kappa shape index (κ2) is 7.56. The fraction of sp³-hybridized carbons (Fsp3) is 0.333. The maximum Gasteiger partial charge on any atom is 0.228 e. The highest BCUT2D eigenvalue weighted by Crippen LogP contribution is 2.36. The third kappa shape index (κ3) is 3.56. The van der Waals surface area contributed by atoms with E-state index in [1.54, 1.807) is 6.20 Å². The van der Waals surface area contributed by atoms with Crippen molar-refractivity contribution in [1.29, 1.82) is 5.26 Å². The standard InChI is InChI=1S/C21H22N6S/c1-13-6-8-16(9-7-13)18-5-4-10-27(18)20-24-15(3)14(2)19(25-20)26-21-23-12-17(11-22)28-21/h6-9,12,18H,4-5,10H2,1-3H3,(H,23,24,25,26). The number of aromatic nitrogens is 3. The largest absolute Gasteiger partial charge is 0.334 e. The van der Waals surface area contributed by atoms with E-state index in [-0.39, 0.29) is 0 Å². The fourth-order valence-electron chi connectivity index (χ4n) is 3.49. The van der Waals surface area contributed by atoms with Crippen LogP contribution in [0.25, 0.3) is 0 Å². The van der Waals surface area contributed by atoms with Crippen molar-refractivity contribution < 1.29 is 0 Å². The minimum atomic E-state index is 0.292. The van der Waals surface area contributed by atoms with Gasteiger partial charge in [-0.15, -0.1) is 0 Å². The van der Waals surface area contributed by atoms with E-state index >= 15 is 0 Å². The Hall–Kier alpha value is -2.98. The monoisotopic (exact) mass is 390 g/mol. The zero-order valence-corrected chi connectivity index (χ0v) is 17.0. The summed E-state index contributed by atoms with van der Waals surface area (Å²) >= 11 is 1.32. The Morgan fingerprint density at radius 2 is 1.96 bits per heavy atom. The van der Waals surface area contributed by atoms with E-state index < -0.39 is 0 Å². The van der Waals surface area contributed by atoms with Crippen molar-refractivity contribution in [2.24, 2.45) is 0 Å². The van der Waals surface area contributed by atoms with E-state index in [0.717, 1.165) is 42.4 Å². The molecule has 28 heavy (non-hydrogen) atoms. The minimum absolute atomic E-state index is 0.292. The van der Waals surface area contributed by atoms with Crippen molar-refractivity contribution >= 4 is 28.2 Å². The van der Waals surface area contributed by atoms with E-state index in [4.69, 9.17) is 15.2 Å². The molecule has 4 rings (SSSR count). The summed E-state index contributed by atoms with van der Waals surface area (Å²) < 4.78 is 0. The molecule has 7 heteroatoms. The van der Waals surface area contributed by atoms with Crippen molar-refractivity contribution in [3.05, 3.63) is 57.7 Å². The molecule has 142 valence electrons. The predicted octanol–water partition coefficient (Wildman–Crippen LogP) is 4.82. The molecule has 0 bridgehead atoms. The maximum absolute atomic E-state index is 9.02. The Labute approximate surface area is 168 Å². The second-order valence-corrected chi connectivity index (χ2v) is 8.14. The van der Waals surface area contributed by atoms with Crippen LogP contribution in [0.15, 0.2) is 30.5 Å².